The first-order chi connectivity index (χ1) is 11.2. The topological polar surface area (TPSA) is 63.0 Å². The highest BCUT2D eigenvalue weighted by Crippen LogP contribution is 2.13. The van der Waals surface area contributed by atoms with Crippen LogP contribution in [0.25, 0.3) is 0 Å². The Kier molecular flexibility index (Phi) is 4.61. The predicted octanol–water partition coefficient (Wildman–Crippen LogP) is 2.63. The molecule has 23 heavy (non-hydrogen) atoms. The molecule has 1 aliphatic rings. The second-order valence-electron chi connectivity index (χ2n) is 5.29. The van der Waals surface area contributed by atoms with E-state index in [1.165, 1.54) is 6.26 Å². The maximum absolute atomic E-state index is 12.3. The summed E-state index contributed by atoms with van der Waals surface area (Å²) in [5.41, 5.74) is 0. The Morgan fingerprint density at radius 2 is 1.65 bits per heavy atom. The summed E-state index contributed by atoms with van der Waals surface area (Å²) in [6.07, 6.45) is 1.80. The molecule has 6 heteroatoms. The van der Waals surface area contributed by atoms with Gasteiger partial charge in [-0.15, -0.1) is 0 Å². The summed E-state index contributed by atoms with van der Waals surface area (Å²) in [5, 5.41) is 0. The number of furan rings is 1. The van der Waals surface area contributed by atoms with E-state index in [2.05, 4.69) is 0 Å². The summed E-state index contributed by atoms with van der Waals surface area (Å²) in [6.45, 7) is 2.06. The molecular formula is C17H18N2O4. The lowest BCUT2D eigenvalue weighted by Crippen LogP contribution is -2.38. The van der Waals surface area contributed by atoms with E-state index in [1.807, 2.05) is 18.2 Å². The molecule has 1 aromatic carbocycles. The molecule has 120 valence electrons. The van der Waals surface area contributed by atoms with Crippen molar-refractivity contribution in [3.05, 3.63) is 54.5 Å². The Bertz CT molecular complexity index is 654. The van der Waals surface area contributed by atoms with Crippen molar-refractivity contribution in [3.8, 4) is 5.75 Å². The van der Waals surface area contributed by atoms with Crippen LogP contribution in [0.4, 0.5) is 4.79 Å². The number of hydrogen-bond donors (Lipinski definition) is 0. The number of hydrogen-bond acceptors (Lipinski definition) is 4. The lowest BCUT2D eigenvalue weighted by Gasteiger charge is -2.21. The second-order valence-corrected chi connectivity index (χ2v) is 5.29. The normalized spacial score (nSPS) is 15.1. The molecule has 0 N–H and O–H groups in total. The van der Waals surface area contributed by atoms with Crippen molar-refractivity contribution >= 4 is 12.0 Å². The Morgan fingerprint density at radius 3 is 2.39 bits per heavy atom. The molecule has 0 aliphatic carbocycles. The Hall–Kier alpha value is -2.76. The van der Waals surface area contributed by atoms with E-state index in [1.54, 1.807) is 34.1 Å². The largest absolute Gasteiger partial charge is 0.459 e. The zero-order chi connectivity index (χ0) is 16.1. The third kappa shape index (κ3) is 3.71. The summed E-state index contributed by atoms with van der Waals surface area (Å²) >= 11 is 0. The van der Waals surface area contributed by atoms with Gasteiger partial charge in [-0.2, -0.15) is 0 Å². The van der Waals surface area contributed by atoms with Crippen LogP contribution in [-0.4, -0.2) is 48.0 Å². The number of nitrogens with zero attached hydrogens (tertiary/aromatic N) is 2. The van der Waals surface area contributed by atoms with Crippen molar-refractivity contribution in [2.24, 2.45) is 0 Å². The van der Waals surface area contributed by atoms with Gasteiger partial charge in [0.15, 0.2) is 5.76 Å². The highest BCUT2D eigenvalue weighted by Gasteiger charge is 2.24. The van der Waals surface area contributed by atoms with E-state index in [9.17, 15) is 9.59 Å². The first kappa shape index (κ1) is 15.1. The number of ether oxygens (including phenoxy) is 1. The lowest BCUT2D eigenvalue weighted by molar-refractivity contribution is 0.0728. The number of carbonyl (C=O) groups is 2. The highest BCUT2D eigenvalue weighted by molar-refractivity contribution is 5.91. The molecule has 0 radical (unpaired) electrons. The van der Waals surface area contributed by atoms with E-state index < -0.39 is 0 Å². The van der Waals surface area contributed by atoms with Gasteiger partial charge in [0.25, 0.3) is 5.91 Å². The standard InChI is InChI=1S/C17H18N2O4/c20-16(15-8-4-13-22-15)18-9-5-10-19(12-11-18)17(21)23-14-6-2-1-3-7-14/h1-4,6-8,13H,5,9-12H2. The van der Waals surface area contributed by atoms with Crippen LogP contribution >= 0.6 is 0 Å². The number of benzene rings is 1. The van der Waals surface area contributed by atoms with E-state index in [-0.39, 0.29) is 12.0 Å². The average Bonchev–Trinajstić information content (AvgIpc) is 2.99. The molecule has 0 spiro atoms. The van der Waals surface area contributed by atoms with E-state index in [0.29, 0.717) is 44.1 Å². The Labute approximate surface area is 134 Å². The van der Waals surface area contributed by atoms with Gasteiger partial charge in [-0.3, -0.25) is 4.79 Å². The molecule has 2 heterocycles. The van der Waals surface area contributed by atoms with Gasteiger partial charge >= 0.3 is 6.09 Å². The first-order valence-electron chi connectivity index (χ1n) is 7.58. The molecule has 1 aliphatic heterocycles. The van der Waals surface area contributed by atoms with Crippen LogP contribution < -0.4 is 4.74 Å². The van der Waals surface area contributed by atoms with Gasteiger partial charge in [-0.1, -0.05) is 18.2 Å². The average molecular weight is 314 g/mol. The second kappa shape index (κ2) is 7.00. The van der Waals surface area contributed by atoms with Crippen molar-refractivity contribution in [2.75, 3.05) is 26.2 Å². The Balaban J connectivity index is 1.58. The summed E-state index contributed by atoms with van der Waals surface area (Å²) in [4.78, 5) is 27.8. The van der Waals surface area contributed by atoms with E-state index >= 15 is 0 Å². The molecule has 2 amide bonds. The number of para-hydroxylation sites is 1. The van der Waals surface area contributed by atoms with Crippen LogP contribution in [-0.2, 0) is 0 Å². The van der Waals surface area contributed by atoms with Crippen molar-refractivity contribution in [2.45, 2.75) is 6.42 Å². The van der Waals surface area contributed by atoms with E-state index in [0.717, 1.165) is 0 Å². The molecular weight excluding hydrogens is 296 g/mol. The highest BCUT2D eigenvalue weighted by atomic mass is 16.6. The third-order valence-corrected chi connectivity index (χ3v) is 3.72. The molecule has 6 nitrogen and oxygen atoms in total. The molecule has 2 aromatic rings. The fraction of sp³-hybridized carbons (Fsp3) is 0.294. The first-order valence-corrected chi connectivity index (χ1v) is 7.58. The summed E-state index contributed by atoms with van der Waals surface area (Å²) in [7, 11) is 0. The monoisotopic (exact) mass is 314 g/mol. The zero-order valence-electron chi connectivity index (χ0n) is 12.7. The summed E-state index contributed by atoms with van der Waals surface area (Å²) in [5.74, 6) is 0.698. The van der Waals surface area contributed by atoms with Gasteiger partial charge in [-0.05, 0) is 30.7 Å². The van der Waals surface area contributed by atoms with Gasteiger partial charge in [0, 0.05) is 26.2 Å². The quantitative estimate of drug-likeness (QED) is 0.855. The molecule has 1 fully saturated rings. The van der Waals surface area contributed by atoms with Crippen LogP contribution in [0.3, 0.4) is 0 Å². The minimum Gasteiger partial charge on any atom is -0.459 e. The van der Waals surface area contributed by atoms with E-state index in [4.69, 9.17) is 9.15 Å². The van der Waals surface area contributed by atoms with Gasteiger partial charge in [0.2, 0.25) is 0 Å². The summed E-state index contributed by atoms with van der Waals surface area (Å²) in [6, 6.07) is 12.3. The van der Waals surface area contributed by atoms with Crippen LogP contribution in [0, 0.1) is 0 Å². The van der Waals surface area contributed by atoms with Gasteiger partial charge < -0.3 is 19.0 Å². The van der Waals surface area contributed by atoms with Crippen LogP contribution in [0.5, 0.6) is 5.75 Å². The smallest absolute Gasteiger partial charge is 0.415 e. The fourth-order valence-electron chi connectivity index (χ4n) is 2.51. The zero-order valence-corrected chi connectivity index (χ0v) is 12.7. The molecule has 0 unspecified atom stereocenters. The van der Waals surface area contributed by atoms with Gasteiger partial charge in [0.05, 0.1) is 6.26 Å². The molecule has 0 bridgehead atoms. The van der Waals surface area contributed by atoms with Crippen LogP contribution in [0.2, 0.25) is 0 Å². The third-order valence-electron chi connectivity index (χ3n) is 3.72. The summed E-state index contributed by atoms with van der Waals surface area (Å²) < 4.78 is 10.5. The molecule has 0 saturated carbocycles. The van der Waals surface area contributed by atoms with Gasteiger partial charge in [0.1, 0.15) is 5.75 Å². The molecule has 0 atom stereocenters. The van der Waals surface area contributed by atoms with Crippen molar-refractivity contribution in [1.82, 2.24) is 9.80 Å². The number of rotatable bonds is 2. The predicted molar refractivity (Wildman–Crippen MR) is 83.3 cm³/mol. The van der Waals surface area contributed by atoms with Crippen LogP contribution in [0.15, 0.2) is 53.1 Å². The number of amides is 2. The SMILES string of the molecule is O=C(Oc1ccccc1)N1CCCN(C(=O)c2ccco2)CC1. The van der Waals surface area contributed by atoms with Crippen molar-refractivity contribution in [3.63, 3.8) is 0 Å². The van der Waals surface area contributed by atoms with Crippen molar-refractivity contribution in [1.29, 1.82) is 0 Å². The van der Waals surface area contributed by atoms with Crippen LogP contribution in [0.1, 0.15) is 17.0 Å². The molecule has 1 saturated heterocycles. The van der Waals surface area contributed by atoms with Gasteiger partial charge in [-0.25, -0.2) is 4.79 Å². The number of carbonyl (C=O) groups excluding carboxylic acids is 2. The minimum atomic E-state index is -0.386. The molecule has 3 rings (SSSR count). The minimum absolute atomic E-state index is 0.145. The lowest BCUT2D eigenvalue weighted by atomic mass is 10.3. The molecule has 1 aromatic heterocycles. The maximum Gasteiger partial charge on any atom is 0.415 e. The van der Waals surface area contributed by atoms with Crippen molar-refractivity contribution < 1.29 is 18.7 Å². The fourth-order valence-corrected chi connectivity index (χ4v) is 2.51. The maximum atomic E-state index is 12.3. The Morgan fingerprint density at radius 1 is 0.913 bits per heavy atom.